The van der Waals surface area contributed by atoms with Crippen LogP contribution >= 0.6 is 0 Å². The highest BCUT2D eigenvalue weighted by Gasteiger charge is 2.21. The lowest BCUT2D eigenvalue weighted by Gasteiger charge is -2.21. The Hall–Kier alpha value is -3.57. The Balaban J connectivity index is 1.55. The fourth-order valence-electron chi connectivity index (χ4n) is 3.79. The van der Waals surface area contributed by atoms with Crippen molar-refractivity contribution < 1.29 is 9.53 Å². The van der Waals surface area contributed by atoms with E-state index in [1.54, 1.807) is 7.11 Å². The monoisotopic (exact) mass is 413 g/mol. The molecule has 0 saturated carbocycles. The summed E-state index contributed by atoms with van der Waals surface area (Å²) in [6.07, 6.45) is 2.07. The van der Waals surface area contributed by atoms with Gasteiger partial charge in [0.15, 0.2) is 0 Å². The maximum absolute atomic E-state index is 12.6. The SMILES string of the molecule is COc1ccc([C@H](CN[C@@H](C)C(=O)Nc2ccccc2)c2c[nH]c3ccccc23)cc1. The Kier molecular flexibility index (Phi) is 6.34. The molecule has 0 bridgehead atoms. The lowest BCUT2D eigenvalue weighted by molar-refractivity contribution is -0.117. The van der Waals surface area contributed by atoms with Gasteiger partial charge in [-0.15, -0.1) is 0 Å². The van der Waals surface area contributed by atoms with E-state index in [-0.39, 0.29) is 17.9 Å². The number of aromatic nitrogens is 1. The Morgan fingerprint density at radius 1 is 0.968 bits per heavy atom. The summed E-state index contributed by atoms with van der Waals surface area (Å²) in [4.78, 5) is 16.0. The number of ether oxygens (including phenoxy) is 1. The van der Waals surface area contributed by atoms with Crippen LogP contribution in [-0.2, 0) is 4.79 Å². The van der Waals surface area contributed by atoms with Crippen LogP contribution in [0.15, 0.2) is 85.1 Å². The van der Waals surface area contributed by atoms with Gasteiger partial charge in [-0.1, -0.05) is 48.5 Å². The summed E-state index contributed by atoms with van der Waals surface area (Å²) in [5.74, 6) is 0.845. The van der Waals surface area contributed by atoms with Crippen LogP contribution in [0.4, 0.5) is 5.69 Å². The normalized spacial score (nSPS) is 13.0. The molecule has 1 aromatic heterocycles. The van der Waals surface area contributed by atoms with E-state index in [1.165, 1.54) is 10.9 Å². The highest BCUT2D eigenvalue weighted by molar-refractivity contribution is 5.94. The van der Waals surface area contributed by atoms with E-state index in [2.05, 4.69) is 46.1 Å². The van der Waals surface area contributed by atoms with E-state index in [1.807, 2.05) is 61.5 Å². The van der Waals surface area contributed by atoms with Crippen molar-refractivity contribution >= 4 is 22.5 Å². The Bertz CT molecular complexity index is 1140. The lowest BCUT2D eigenvalue weighted by Crippen LogP contribution is -2.40. The molecule has 3 N–H and O–H groups in total. The number of H-pyrrole nitrogens is 1. The quantitative estimate of drug-likeness (QED) is 0.384. The van der Waals surface area contributed by atoms with Crippen molar-refractivity contribution in [2.75, 3.05) is 19.0 Å². The molecular formula is C26H27N3O2. The van der Waals surface area contributed by atoms with Crippen molar-refractivity contribution in [3.63, 3.8) is 0 Å². The molecule has 0 unspecified atom stereocenters. The predicted octanol–water partition coefficient (Wildman–Crippen LogP) is 4.93. The number of rotatable bonds is 8. The zero-order valence-electron chi connectivity index (χ0n) is 17.8. The van der Waals surface area contributed by atoms with E-state index in [0.29, 0.717) is 6.54 Å². The molecule has 0 aliphatic carbocycles. The first-order valence-corrected chi connectivity index (χ1v) is 10.4. The summed E-state index contributed by atoms with van der Waals surface area (Å²) in [7, 11) is 1.67. The number of nitrogens with one attached hydrogen (secondary N) is 3. The highest BCUT2D eigenvalue weighted by atomic mass is 16.5. The molecule has 0 aliphatic rings. The van der Waals surface area contributed by atoms with Gasteiger partial charge in [-0.2, -0.15) is 0 Å². The minimum atomic E-state index is -0.342. The molecule has 0 spiro atoms. The second-order valence-corrected chi connectivity index (χ2v) is 7.60. The summed E-state index contributed by atoms with van der Waals surface area (Å²) >= 11 is 0. The average molecular weight is 414 g/mol. The summed E-state index contributed by atoms with van der Waals surface area (Å²) in [5, 5.41) is 7.57. The van der Waals surface area contributed by atoms with Gasteiger partial charge in [0, 0.05) is 35.2 Å². The van der Waals surface area contributed by atoms with E-state index < -0.39 is 0 Å². The van der Waals surface area contributed by atoms with Crippen molar-refractivity contribution in [1.29, 1.82) is 0 Å². The van der Waals surface area contributed by atoms with Gasteiger partial charge < -0.3 is 20.4 Å². The van der Waals surface area contributed by atoms with Gasteiger partial charge in [-0.25, -0.2) is 0 Å². The molecule has 4 rings (SSSR count). The van der Waals surface area contributed by atoms with Gasteiger partial charge in [-0.05, 0) is 48.4 Å². The number of benzene rings is 3. The maximum atomic E-state index is 12.6. The topological polar surface area (TPSA) is 66.2 Å². The van der Waals surface area contributed by atoms with Gasteiger partial charge in [0.05, 0.1) is 13.2 Å². The number of para-hydroxylation sites is 2. The average Bonchev–Trinajstić information content (AvgIpc) is 3.24. The first kappa shape index (κ1) is 20.7. The van der Waals surface area contributed by atoms with Crippen LogP contribution in [0.2, 0.25) is 0 Å². The highest BCUT2D eigenvalue weighted by Crippen LogP contribution is 2.31. The third kappa shape index (κ3) is 4.78. The van der Waals surface area contributed by atoms with Crippen molar-refractivity contribution in [3.05, 3.63) is 96.2 Å². The number of fused-ring (bicyclic) bond motifs is 1. The molecule has 158 valence electrons. The molecule has 0 aliphatic heterocycles. The molecule has 5 nitrogen and oxygen atoms in total. The zero-order valence-corrected chi connectivity index (χ0v) is 17.8. The first-order chi connectivity index (χ1) is 15.2. The van der Waals surface area contributed by atoms with Crippen LogP contribution in [0.25, 0.3) is 10.9 Å². The fourth-order valence-corrected chi connectivity index (χ4v) is 3.79. The van der Waals surface area contributed by atoms with Crippen molar-refractivity contribution in [3.8, 4) is 5.75 Å². The first-order valence-electron chi connectivity index (χ1n) is 10.4. The minimum absolute atomic E-state index is 0.0568. The molecule has 4 aromatic rings. The van der Waals surface area contributed by atoms with Gasteiger partial charge in [0.1, 0.15) is 5.75 Å². The number of aromatic amines is 1. The van der Waals surface area contributed by atoms with Crippen LogP contribution in [0, 0.1) is 0 Å². The Labute approximate surface area is 182 Å². The predicted molar refractivity (Wildman–Crippen MR) is 126 cm³/mol. The van der Waals surface area contributed by atoms with Crippen molar-refractivity contribution in [1.82, 2.24) is 10.3 Å². The maximum Gasteiger partial charge on any atom is 0.241 e. The summed E-state index contributed by atoms with van der Waals surface area (Å²) in [5.41, 5.74) is 4.26. The molecule has 0 radical (unpaired) electrons. The molecule has 2 atom stereocenters. The molecular weight excluding hydrogens is 386 g/mol. The molecule has 31 heavy (non-hydrogen) atoms. The number of carbonyl (C=O) groups is 1. The third-order valence-electron chi connectivity index (χ3n) is 5.58. The Morgan fingerprint density at radius 2 is 1.68 bits per heavy atom. The van der Waals surface area contributed by atoms with Gasteiger partial charge >= 0.3 is 0 Å². The standard InChI is InChI=1S/C26H27N3O2/c1-18(26(30)29-20-8-4-3-5-9-20)27-16-23(19-12-14-21(31-2)15-13-19)24-17-28-25-11-7-6-10-22(24)25/h3-15,17-18,23,27-28H,16H2,1-2H3,(H,29,30)/t18-,23-/m0/s1. The molecule has 1 amide bonds. The molecule has 5 heteroatoms. The lowest BCUT2D eigenvalue weighted by atomic mass is 9.90. The second kappa shape index (κ2) is 9.49. The van der Waals surface area contributed by atoms with E-state index >= 15 is 0 Å². The van der Waals surface area contributed by atoms with Crippen LogP contribution in [0.3, 0.4) is 0 Å². The summed E-state index contributed by atoms with van der Waals surface area (Å²) < 4.78 is 5.32. The Morgan fingerprint density at radius 3 is 2.42 bits per heavy atom. The number of carbonyl (C=O) groups excluding carboxylic acids is 1. The number of hydrogen-bond donors (Lipinski definition) is 3. The fraction of sp³-hybridized carbons (Fsp3) is 0.192. The molecule has 3 aromatic carbocycles. The molecule has 0 fully saturated rings. The second-order valence-electron chi connectivity index (χ2n) is 7.60. The van der Waals surface area contributed by atoms with Crippen LogP contribution in [-0.4, -0.2) is 30.6 Å². The molecule has 0 saturated heterocycles. The number of anilines is 1. The van der Waals surface area contributed by atoms with Crippen LogP contribution < -0.4 is 15.4 Å². The number of amides is 1. The summed E-state index contributed by atoms with van der Waals surface area (Å²) in [6, 6.07) is 25.6. The largest absolute Gasteiger partial charge is 0.497 e. The zero-order chi connectivity index (χ0) is 21.6. The van der Waals surface area contributed by atoms with Crippen molar-refractivity contribution in [2.45, 2.75) is 18.9 Å². The van der Waals surface area contributed by atoms with Crippen LogP contribution in [0.5, 0.6) is 5.75 Å². The smallest absolute Gasteiger partial charge is 0.241 e. The van der Waals surface area contributed by atoms with Gasteiger partial charge in [0.2, 0.25) is 5.91 Å². The van der Waals surface area contributed by atoms with Crippen molar-refractivity contribution in [2.24, 2.45) is 0 Å². The van der Waals surface area contributed by atoms with Gasteiger partial charge in [-0.3, -0.25) is 4.79 Å². The van der Waals surface area contributed by atoms with Gasteiger partial charge in [0.25, 0.3) is 0 Å². The molecule has 1 heterocycles. The van der Waals surface area contributed by atoms with E-state index in [4.69, 9.17) is 4.74 Å². The number of methoxy groups -OCH3 is 1. The third-order valence-corrected chi connectivity index (χ3v) is 5.58. The number of hydrogen-bond acceptors (Lipinski definition) is 3. The van der Waals surface area contributed by atoms with E-state index in [9.17, 15) is 4.79 Å². The van der Waals surface area contributed by atoms with E-state index in [0.717, 1.165) is 22.5 Å². The minimum Gasteiger partial charge on any atom is -0.497 e. The van der Waals surface area contributed by atoms with Crippen LogP contribution in [0.1, 0.15) is 24.0 Å². The summed E-state index contributed by atoms with van der Waals surface area (Å²) in [6.45, 7) is 2.51.